The van der Waals surface area contributed by atoms with E-state index in [-0.39, 0.29) is 16.4 Å². The van der Waals surface area contributed by atoms with Gasteiger partial charge in [0.15, 0.2) is 0 Å². The number of imide groups is 1. The lowest BCUT2D eigenvalue weighted by Gasteiger charge is -2.18. The highest BCUT2D eigenvalue weighted by Gasteiger charge is 2.15. The monoisotopic (exact) mass is 334 g/mol. The fraction of sp³-hybridized carbons (Fsp3) is 0.333. The highest BCUT2D eigenvalue weighted by Crippen LogP contribution is 2.27. The third-order valence-electron chi connectivity index (χ3n) is 2.99. The van der Waals surface area contributed by atoms with Crippen LogP contribution in [-0.2, 0) is 10.2 Å². The molecule has 1 aromatic carbocycles. The van der Waals surface area contributed by atoms with Crippen LogP contribution in [-0.4, -0.2) is 27.9 Å². The second kappa shape index (κ2) is 6.82. The molecule has 23 heavy (non-hydrogen) atoms. The van der Waals surface area contributed by atoms with Crippen molar-refractivity contribution in [3.8, 4) is 11.5 Å². The first kappa shape index (κ1) is 17.0. The van der Waals surface area contributed by atoms with E-state index in [0.717, 1.165) is 17.3 Å². The van der Waals surface area contributed by atoms with Gasteiger partial charge in [-0.05, 0) is 23.1 Å². The van der Waals surface area contributed by atoms with Gasteiger partial charge in [-0.15, -0.1) is 10.2 Å². The maximum absolute atomic E-state index is 11.3. The minimum Gasteiger partial charge on any atom is -0.411 e. The predicted molar refractivity (Wildman–Crippen MR) is 86.9 cm³/mol. The van der Waals surface area contributed by atoms with E-state index in [1.165, 1.54) is 5.56 Å². The highest BCUT2D eigenvalue weighted by molar-refractivity contribution is 7.99. The highest BCUT2D eigenvalue weighted by atomic mass is 32.2. The molecule has 1 aromatic heterocycles. The number of nitrogens with zero attached hydrogens (tertiary/aromatic N) is 2. The number of aromatic nitrogens is 2. The predicted octanol–water partition coefficient (Wildman–Crippen LogP) is 2.32. The molecule has 0 unspecified atom stereocenters. The van der Waals surface area contributed by atoms with Crippen LogP contribution in [0.5, 0.6) is 0 Å². The summed E-state index contributed by atoms with van der Waals surface area (Å²) in [6.07, 6.45) is 0. The summed E-state index contributed by atoms with van der Waals surface area (Å²) in [4.78, 5) is 21.9. The van der Waals surface area contributed by atoms with Crippen LogP contribution in [0.3, 0.4) is 0 Å². The Morgan fingerprint density at radius 2 is 1.87 bits per heavy atom. The maximum Gasteiger partial charge on any atom is 0.318 e. The van der Waals surface area contributed by atoms with Crippen LogP contribution in [0.4, 0.5) is 4.79 Å². The summed E-state index contributed by atoms with van der Waals surface area (Å²) in [5.41, 5.74) is 6.94. The molecule has 0 atom stereocenters. The molecule has 122 valence electrons. The van der Waals surface area contributed by atoms with E-state index in [0.29, 0.717) is 5.89 Å². The summed E-state index contributed by atoms with van der Waals surface area (Å²) in [7, 11) is 0. The Labute approximate surface area is 138 Å². The Kier molecular flexibility index (Phi) is 5.05. The summed E-state index contributed by atoms with van der Waals surface area (Å²) in [5.74, 6) is -0.173. The third kappa shape index (κ3) is 4.82. The average Bonchev–Trinajstić information content (AvgIpc) is 2.92. The second-order valence-corrected chi connectivity index (χ2v) is 6.83. The Morgan fingerprint density at radius 1 is 1.22 bits per heavy atom. The summed E-state index contributed by atoms with van der Waals surface area (Å²) in [6.45, 7) is 6.42. The van der Waals surface area contributed by atoms with Gasteiger partial charge in [-0.3, -0.25) is 10.1 Å². The van der Waals surface area contributed by atoms with Gasteiger partial charge >= 0.3 is 6.03 Å². The SMILES string of the molecule is CC(C)(C)c1ccc(-c2nnc(SCC(=O)NC(N)=O)o2)cc1. The molecule has 0 aliphatic carbocycles. The molecular formula is C15H18N4O3S. The van der Waals surface area contributed by atoms with Crippen molar-refractivity contribution in [2.75, 3.05) is 5.75 Å². The molecule has 0 spiro atoms. The maximum atomic E-state index is 11.3. The van der Waals surface area contributed by atoms with E-state index >= 15 is 0 Å². The second-order valence-electron chi connectivity index (χ2n) is 5.90. The van der Waals surface area contributed by atoms with Crippen LogP contribution >= 0.6 is 11.8 Å². The van der Waals surface area contributed by atoms with Crippen molar-refractivity contribution in [2.45, 2.75) is 31.4 Å². The minimum atomic E-state index is -0.888. The lowest BCUT2D eigenvalue weighted by molar-refractivity contribution is -0.117. The Bertz CT molecular complexity index is 704. The van der Waals surface area contributed by atoms with E-state index in [9.17, 15) is 9.59 Å². The zero-order valence-corrected chi connectivity index (χ0v) is 13.9. The van der Waals surface area contributed by atoms with Crippen molar-refractivity contribution >= 4 is 23.7 Å². The third-order valence-corrected chi connectivity index (χ3v) is 3.81. The van der Waals surface area contributed by atoms with E-state index in [1.54, 1.807) is 0 Å². The summed E-state index contributed by atoms with van der Waals surface area (Å²) in [5, 5.41) is 10.0. The lowest BCUT2D eigenvalue weighted by Crippen LogP contribution is -2.36. The van der Waals surface area contributed by atoms with Gasteiger partial charge in [0.1, 0.15) is 0 Å². The molecule has 0 saturated carbocycles. The minimum absolute atomic E-state index is 0.0342. The molecule has 3 amide bonds. The molecule has 0 aliphatic heterocycles. The van der Waals surface area contributed by atoms with E-state index in [4.69, 9.17) is 10.2 Å². The smallest absolute Gasteiger partial charge is 0.318 e. The number of hydrogen-bond donors (Lipinski definition) is 2. The molecule has 0 bridgehead atoms. The van der Waals surface area contributed by atoms with Crippen LogP contribution < -0.4 is 11.1 Å². The van der Waals surface area contributed by atoms with Gasteiger partial charge in [0.2, 0.25) is 11.8 Å². The number of amides is 3. The van der Waals surface area contributed by atoms with Gasteiger partial charge in [0, 0.05) is 5.56 Å². The number of rotatable bonds is 4. The van der Waals surface area contributed by atoms with Crippen LogP contribution in [0.1, 0.15) is 26.3 Å². The van der Waals surface area contributed by atoms with Gasteiger partial charge in [0.05, 0.1) is 5.75 Å². The van der Waals surface area contributed by atoms with Crippen molar-refractivity contribution in [3.05, 3.63) is 29.8 Å². The number of benzene rings is 1. The Hall–Kier alpha value is -2.35. The molecule has 7 nitrogen and oxygen atoms in total. The number of primary amides is 1. The first-order valence-corrected chi connectivity index (χ1v) is 7.91. The molecule has 0 fully saturated rings. The summed E-state index contributed by atoms with van der Waals surface area (Å²) in [6, 6.07) is 6.99. The largest absolute Gasteiger partial charge is 0.411 e. The molecule has 0 aliphatic rings. The van der Waals surface area contributed by atoms with E-state index < -0.39 is 11.9 Å². The van der Waals surface area contributed by atoms with E-state index in [2.05, 4.69) is 31.0 Å². The Balaban J connectivity index is 2.02. The first-order valence-electron chi connectivity index (χ1n) is 6.92. The van der Waals surface area contributed by atoms with Gasteiger partial charge < -0.3 is 10.2 Å². The number of nitrogens with two attached hydrogens (primary N) is 1. The Morgan fingerprint density at radius 3 is 2.43 bits per heavy atom. The van der Waals surface area contributed by atoms with Crippen LogP contribution in [0.25, 0.3) is 11.5 Å². The van der Waals surface area contributed by atoms with Crippen LogP contribution in [0, 0.1) is 0 Å². The normalized spacial score (nSPS) is 11.3. The van der Waals surface area contributed by atoms with Gasteiger partial charge in [0.25, 0.3) is 5.22 Å². The zero-order chi connectivity index (χ0) is 17.0. The topological polar surface area (TPSA) is 111 Å². The van der Waals surface area contributed by atoms with Crippen molar-refractivity contribution in [3.63, 3.8) is 0 Å². The van der Waals surface area contributed by atoms with Gasteiger partial charge in [-0.25, -0.2) is 4.79 Å². The van der Waals surface area contributed by atoms with Crippen molar-refractivity contribution < 1.29 is 14.0 Å². The van der Waals surface area contributed by atoms with Crippen LogP contribution in [0.15, 0.2) is 33.9 Å². The quantitative estimate of drug-likeness (QED) is 0.830. The van der Waals surface area contributed by atoms with Gasteiger partial charge in [-0.2, -0.15) is 0 Å². The molecule has 0 saturated heterocycles. The van der Waals surface area contributed by atoms with Gasteiger partial charge in [-0.1, -0.05) is 44.7 Å². The lowest BCUT2D eigenvalue weighted by atomic mass is 9.87. The number of thioether (sulfide) groups is 1. The molecule has 8 heteroatoms. The number of hydrogen-bond acceptors (Lipinski definition) is 6. The first-order chi connectivity index (χ1) is 10.8. The molecule has 2 aromatic rings. The van der Waals surface area contributed by atoms with Crippen LogP contribution in [0.2, 0.25) is 0 Å². The molecule has 0 radical (unpaired) electrons. The van der Waals surface area contributed by atoms with Crippen molar-refractivity contribution in [1.29, 1.82) is 0 Å². The van der Waals surface area contributed by atoms with Crippen molar-refractivity contribution in [1.82, 2.24) is 15.5 Å². The standard InChI is InChI=1S/C15H18N4O3S/c1-15(2,3)10-6-4-9(5-7-10)12-18-19-14(22-12)23-8-11(20)17-13(16)21/h4-7H,8H2,1-3H3,(H3,16,17,20,21). The average molecular weight is 334 g/mol. The number of carbonyl (C=O) groups is 2. The zero-order valence-electron chi connectivity index (χ0n) is 13.1. The van der Waals surface area contributed by atoms with Crippen molar-refractivity contribution in [2.24, 2.45) is 5.73 Å². The number of carbonyl (C=O) groups excluding carboxylic acids is 2. The molecule has 2 rings (SSSR count). The molecule has 1 heterocycles. The fourth-order valence-corrected chi connectivity index (χ4v) is 2.36. The fourth-order valence-electron chi connectivity index (χ4n) is 1.80. The summed E-state index contributed by atoms with van der Waals surface area (Å²) >= 11 is 1.03. The number of nitrogens with one attached hydrogen (secondary N) is 1. The molecule has 3 N–H and O–H groups in total. The van der Waals surface area contributed by atoms with E-state index in [1.807, 2.05) is 29.6 Å². The number of urea groups is 1. The summed E-state index contributed by atoms with van der Waals surface area (Å²) < 4.78 is 5.50. The molecular weight excluding hydrogens is 316 g/mol.